The molecular weight excluding hydrogens is 346 g/mol. The Morgan fingerprint density at radius 3 is 2.46 bits per heavy atom. The maximum absolute atomic E-state index is 5.50. The van der Waals surface area contributed by atoms with Gasteiger partial charge in [0.1, 0.15) is 5.75 Å². The molecule has 1 aliphatic carbocycles. The van der Waals surface area contributed by atoms with Gasteiger partial charge in [-0.05, 0) is 61.6 Å². The maximum Gasteiger partial charge on any atom is 0.119 e. The number of benzene rings is 2. The first-order valence-electron chi connectivity index (χ1n) is 10.1. The number of ether oxygens (including phenoxy) is 1. The molecule has 3 aromatic rings. The highest BCUT2D eigenvalue weighted by Crippen LogP contribution is 2.37. The number of rotatable bonds is 6. The standard InChI is InChI=1S/C24H29N3O/c1-26(18-9-5-4-6-10-18)15-16-27(2)24-20-11-7-8-12-22(20)25-23-14-13-19(28-3)17-21(23)24/h4-6,9-10,13-14,17H,7-8,11-12,15-16H2,1-3H3. The lowest BCUT2D eigenvalue weighted by Crippen LogP contribution is -2.31. The fraction of sp³-hybridized carbons (Fsp3) is 0.375. The van der Waals surface area contributed by atoms with Gasteiger partial charge < -0.3 is 14.5 Å². The van der Waals surface area contributed by atoms with E-state index in [0.717, 1.165) is 37.2 Å². The van der Waals surface area contributed by atoms with E-state index in [0.29, 0.717) is 0 Å². The van der Waals surface area contributed by atoms with Crippen molar-refractivity contribution in [2.24, 2.45) is 0 Å². The van der Waals surface area contributed by atoms with Crippen molar-refractivity contribution in [1.82, 2.24) is 4.98 Å². The zero-order chi connectivity index (χ0) is 19.5. The van der Waals surface area contributed by atoms with Crippen molar-refractivity contribution in [2.75, 3.05) is 44.1 Å². The minimum atomic E-state index is 0.890. The van der Waals surface area contributed by atoms with Crippen LogP contribution < -0.4 is 14.5 Å². The monoisotopic (exact) mass is 375 g/mol. The molecule has 4 rings (SSSR count). The summed E-state index contributed by atoms with van der Waals surface area (Å²) >= 11 is 0. The average molecular weight is 376 g/mol. The molecule has 0 saturated heterocycles. The predicted octanol–water partition coefficient (Wildman–Crippen LogP) is 4.69. The largest absolute Gasteiger partial charge is 0.497 e. The highest BCUT2D eigenvalue weighted by molar-refractivity contribution is 5.95. The normalized spacial score (nSPS) is 13.2. The third-order valence-electron chi connectivity index (χ3n) is 5.79. The highest BCUT2D eigenvalue weighted by atomic mass is 16.5. The van der Waals surface area contributed by atoms with E-state index in [1.165, 1.54) is 40.9 Å². The molecule has 28 heavy (non-hydrogen) atoms. The number of hydrogen-bond acceptors (Lipinski definition) is 4. The molecule has 0 fully saturated rings. The molecular formula is C24H29N3O. The van der Waals surface area contributed by atoms with Crippen molar-refractivity contribution in [3.05, 3.63) is 59.8 Å². The second-order valence-electron chi connectivity index (χ2n) is 7.65. The molecule has 0 radical (unpaired) electrons. The molecule has 146 valence electrons. The smallest absolute Gasteiger partial charge is 0.119 e. The van der Waals surface area contributed by atoms with Crippen LogP contribution in [-0.2, 0) is 12.8 Å². The first kappa shape index (κ1) is 18.6. The zero-order valence-corrected chi connectivity index (χ0v) is 17.1. The van der Waals surface area contributed by atoms with Gasteiger partial charge in [-0.15, -0.1) is 0 Å². The number of likely N-dealkylation sites (N-methyl/N-ethyl adjacent to an activating group) is 2. The first-order valence-corrected chi connectivity index (χ1v) is 10.1. The molecule has 1 aromatic heterocycles. The first-order chi connectivity index (χ1) is 13.7. The SMILES string of the molecule is COc1ccc2nc3c(c(N(C)CCN(C)c4ccccc4)c2c1)CCCC3. The minimum Gasteiger partial charge on any atom is -0.497 e. The average Bonchev–Trinajstić information content (AvgIpc) is 2.75. The molecule has 0 spiro atoms. The van der Waals surface area contributed by atoms with Gasteiger partial charge in [-0.3, -0.25) is 4.98 Å². The van der Waals surface area contributed by atoms with Gasteiger partial charge in [-0.2, -0.15) is 0 Å². The van der Waals surface area contributed by atoms with Crippen LogP contribution in [0.5, 0.6) is 5.75 Å². The number of hydrogen-bond donors (Lipinski definition) is 0. The fourth-order valence-electron chi connectivity index (χ4n) is 4.16. The molecule has 0 saturated carbocycles. The Balaban J connectivity index is 1.67. The Hall–Kier alpha value is -2.75. The lowest BCUT2D eigenvalue weighted by molar-refractivity contribution is 0.415. The van der Waals surface area contributed by atoms with Crippen LogP contribution in [0.25, 0.3) is 10.9 Å². The molecule has 4 nitrogen and oxygen atoms in total. The summed E-state index contributed by atoms with van der Waals surface area (Å²) in [5, 5.41) is 1.20. The van der Waals surface area contributed by atoms with Gasteiger partial charge in [0.2, 0.25) is 0 Å². The van der Waals surface area contributed by atoms with Gasteiger partial charge in [-0.25, -0.2) is 0 Å². The Morgan fingerprint density at radius 1 is 0.929 bits per heavy atom. The predicted molar refractivity (Wildman–Crippen MR) is 118 cm³/mol. The third kappa shape index (κ3) is 3.64. The second kappa shape index (κ2) is 8.09. The summed E-state index contributed by atoms with van der Waals surface area (Å²) in [5.74, 6) is 0.890. The lowest BCUT2D eigenvalue weighted by Gasteiger charge is -2.30. The number of nitrogens with zero attached hydrogens (tertiary/aromatic N) is 3. The lowest BCUT2D eigenvalue weighted by atomic mass is 9.92. The summed E-state index contributed by atoms with van der Waals surface area (Å²) in [6, 6.07) is 16.8. The number of fused-ring (bicyclic) bond motifs is 2. The minimum absolute atomic E-state index is 0.890. The summed E-state index contributed by atoms with van der Waals surface area (Å²) in [7, 11) is 6.10. The van der Waals surface area contributed by atoms with Gasteiger partial charge in [0.05, 0.1) is 18.3 Å². The number of para-hydroxylation sites is 1. The van der Waals surface area contributed by atoms with Crippen LogP contribution in [0, 0.1) is 0 Å². The Kier molecular flexibility index (Phi) is 5.38. The number of anilines is 2. The Labute approximate surface area is 167 Å². The highest BCUT2D eigenvalue weighted by Gasteiger charge is 2.21. The summed E-state index contributed by atoms with van der Waals surface area (Å²) < 4.78 is 5.50. The van der Waals surface area contributed by atoms with E-state index < -0.39 is 0 Å². The molecule has 4 heteroatoms. The van der Waals surface area contributed by atoms with Gasteiger partial charge >= 0.3 is 0 Å². The van der Waals surface area contributed by atoms with Crippen LogP contribution >= 0.6 is 0 Å². The third-order valence-corrected chi connectivity index (χ3v) is 5.79. The van der Waals surface area contributed by atoms with Crippen LogP contribution in [0.15, 0.2) is 48.5 Å². The summed E-state index contributed by atoms with van der Waals surface area (Å²) in [6.07, 6.45) is 4.68. The van der Waals surface area contributed by atoms with E-state index in [4.69, 9.17) is 9.72 Å². The topological polar surface area (TPSA) is 28.6 Å². The van der Waals surface area contributed by atoms with Crippen molar-refractivity contribution >= 4 is 22.3 Å². The van der Waals surface area contributed by atoms with E-state index >= 15 is 0 Å². The Morgan fingerprint density at radius 2 is 1.68 bits per heavy atom. The van der Waals surface area contributed by atoms with Gasteiger partial charge in [0, 0.05) is 44.0 Å². The van der Waals surface area contributed by atoms with Gasteiger partial charge in [0.25, 0.3) is 0 Å². The van der Waals surface area contributed by atoms with Crippen molar-refractivity contribution in [3.63, 3.8) is 0 Å². The van der Waals surface area contributed by atoms with Crippen molar-refractivity contribution in [3.8, 4) is 5.75 Å². The van der Waals surface area contributed by atoms with Gasteiger partial charge in [0.15, 0.2) is 0 Å². The van der Waals surface area contributed by atoms with E-state index in [9.17, 15) is 0 Å². The molecule has 1 heterocycles. The van der Waals surface area contributed by atoms with E-state index in [1.54, 1.807) is 7.11 Å². The number of methoxy groups -OCH3 is 1. The molecule has 1 aliphatic rings. The number of pyridine rings is 1. The van der Waals surface area contributed by atoms with Crippen LogP contribution in [0.2, 0.25) is 0 Å². The molecule has 0 N–H and O–H groups in total. The van der Waals surface area contributed by atoms with E-state index in [2.05, 4.69) is 66.4 Å². The second-order valence-corrected chi connectivity index (χ2v) is 7.65. The van der Waals surface area contributed by atoms with E-state index in [1.807, 2.05) is 6.07 Å². The number of aryl methyl sites for hydroxylation is 1. The van der Waals surface area contributed by atoms with E-state index in [-0.39, 0.29) is 0 Å². The van der Waals surface area contributed by atoms with Crippen molar-refractivity contribution in [2.45, 2.75) is 25.7 Å². The molecule has 0 bridgehead atoms. The van der Waals surface area contributed by atoms with Crippen LogP contribution in [0.3, 0.4) is 0 Å². The van der Waals surface area contributed by atoms with Crippen LogP contribution in [-0.4, -0.2) is 39.3 Å². The maximum atomic E-state index is 5.50. The quantitative estimate of drug-likeness (QED) is 0.625. The molecule has 2 aromatic carbocycles. The molecule has 0 aliphatic heterocycles. The van der Waals surface area contributed by atoms with Crippen molar-refractivity contribution < 1.29 is 4.74 Å². The summed E-state index contributed by atoms with van der Waals surface area (Å²) in [5.41, 5.74) is 6.36. The molecule has 0 amide bonds. The van der Waals surface area contributed by atoms with Gasteiger partial charge in [-0.1, -0.05) is 18.2 Å². The zero-order valence-electron chi connectivity index (χ0n) is 17.1. The molecule has 0 atom stereocenters. The fourth-order valence-corrected chi connectivity index (χ4v) is 4.16. The van der Waals surface area contributed by atoms with Crippen molar-refractivity contribution in [1.29, 1.82) is 0 Å². The van der Waals surface area contributed by atoms with Crippen LogP contribution in [0.4, 0.5) is 11.4 Å². The molecule has 0 unspecified atom stereocenters. The summed E-state index contributed by atoms with van der Waals surface area (Å²) in [6.45, 7) is 1.91. The number of aromatic nitrogens is 1. The van der Waals surface area contributed by atoms with Crippen LogP contribution in [0.1, 0.15) is 24.1 Å². The summed E-state index contributed by atoms with van der Waals surface area (Å²) in [4.78, 5) is 9.71. The Bertz CT molecular complexity index is 955.